The number of carbonyl (C=O) groups excluding carboxylic acids is 1. The maximum atomic E-state index is 13.3. The normalized spacial score (nSPS) is 15.2. The van der Waals surface area contributed by atoms with Crippen LogP contribution in [-0.4, -0.2) is 40.8 Å². The summed E-state index contributed by atoms with van der Waals surface area (Å²) in [5.41, 5.74) is 4.01. The van der Waals surface area contributed by atoms with Gasteiger partial charge in [0.25, 0.3) is 0 Å². The molecule has 2 heterocycles. The molecule has 35 heavy (non-hydrogen) atoms. The number of halogens is 2. The summed E-state index contributed by atoms with van der Waals surface area (Å²) < 4.78 is 25.6. The molecular weight excluding hydrogens is 515 g/mol. The van der Waals surface area contributed by atoms with Crippen molar-refractivity contribution in [1.29, 1.82) is 0 Å². The number of rotatable bonds is 6. The van der Waals surface area contributed by atoms with Crippen molar-refractivity contribution in [2.24, 2.45) is 0 Å². The Morgan fingerprint density at radius 2 is 1.83 bits per heavy atom. The van der Waals surface area contributed by atoms with Crippen molar-refractivity contribution in [3.63, 3.8) is 0 Å². The maximum Gasteiger partial charge on any atom is 0.416 e. The van der Waals surface area contributed by atoms with E-state index in [-0.39, 0.29) is 12.4 Å². The Labute approximate surface area is 210 Å². The minimum atomic E-state index is -0.504. The van der Waals surface area contributed by atoms with Crippen molar-refractivity contribution in [3.05, 3.63) is 93.8 Å². The number of H-pyrrole nitrogens is 1. The quantitative estimate of drug-likeness (QED) is 0.296. The molecule has 1 aliphatic rings. The number of aliphatic hydroxyl groups excluding tert-OH is 1. The van der Waals surface area contributed by atoms with Crippen molar-refractivity contribution in [1.82, 2.24) is 9.88 Å². The van der Waals surface area contributed by atoms with Crippen LogP contribution in [0.5, 0.6) is 11.5 Å². The van der Waals surface area contributed by atoms with Gasteiger partial charge in [-0.1, -0.05) is 28.1 Å². The standard InChI is InChI=1S/C27H24BrFN2O4/c28-18-4-11-24-23(16-18)22-12-13-31(27(33)35-21-9-5-19(29)6-10-21)26(25(22)30-24)17-2-7-20(8-3-17)34-15-1-14-32/h2-11,16,26,30,32H,1,12-15H2. The molecule has 1 amide bonds. The summed E-state index contributed by atoms with van der Waals surface area (Å²) in [4.78, 5) is 18.5. The number of aliphatic hydroxyl groups is 1. The van der Waals surface area contributed by atoms with Crippen molar-refractivity contribution in [2.75, 3.05) is 19.8 Å². The van der Waals surface area contributed by atoms with Crippen LogP contribution in [0.15, 0.2) is 71.2 Å². The van der Waals surface area contributed by atoms with Gasteiger partial charge in [0, 0.05) is 40.6 Å². The molecule has 4 aromatic rings. The van der Waals surface area contributed by atoms with Gasteiger partial charge >= 0.3 is 6.09 Å². The first kappa shape index (κ1) is 23.4. The number of hydrogen-bond donors (Lipinski definition) is 2. The lowest BCUT2D eigenvalue weighted by Gasteiger charge is -2.35. The zero-order valence-corrected chi connectivity index (χ0v) is 20.4. The number of carbonyl (C=O) groups is 1. The molecule has 2 N–H and O–H groups in total. The van der Waals surface area contributed by atoms with Crippen LogP contribution in [-0.2, 0) is 6.42 Å². The number of fused-ring (bicyclic) bond motifs is 3. The molecule has 0 saturated carbocycles. The third-order valence-electron chi connectivity index (χ3n) is 6.11. The summed E-state index contributed by atoms with van der Waals surface area (Å²) in [6.45, 7) is 0.965. The summed E-state index contributed by atoms with van der Waals surface area (Å²) in [5, 5.41) is 10.1. The average Bonchev–Trinajstić information content (AvgIpc) is 3.23. The summed E-state index contributed by atoms with van der Waals surface area (Å²) in [7, 11) is 0. The van der Waals surface area contributed by atoms with Crippen LogP contribution in [0.3, 0.4) is 0 Å². The van der Waals surface area contributed by atoms with E-state index < -0.39 is 18.0 Å². The minimum Gasteiger partial charge on any atom is -0.494 e. The Kier molecular flexibility index (Phi) is 6.74. The molecule has 8 heteroatoms. The number of amides is 1. The highest BCUT2D eigenvalue weighted by Crippen LogP contribution is 2.40. The van der Waals surface area contributed by atoms with Gasteiger partial charge in [-0.15, -0.1) is 0 Å². The molecule has 0 bridgehead atoms. The highest BCUT2D eigenvalue weighted by Gasteiger charge is 2.35. The summed E-state index contributed by atoms with van der Waals surface area (Å²) in [6.07, 6.45) is 0.722. The van der Waals surface area contributed by atoms with Crippen LogP contribution >= 0.6 is 15.9 Å². The van der Waals surface area contributed by atoms with Gasteiger partial charge in [-0.3, -0.25) is 4.90 Å². The Bertz CT molecular complexity index is 1340. The first-order valence-corrected chi connectivity index (χ1v) is 12.2. The lowest BCUT2D eigenvalue weighted by molar-refractivity contribution is 0.135. The Morgan fingerprint density at radius 1 is 1.09 bits per heavy atom. The van der Waals surface area contributed by atoms with Crippen LogP contribution in [0.2, 0.25) is 0 Å². The third kappa shape index (κ3) is 4.90. The molecule has 0 radical (unpaired) electrons. The van der Waals surface area contributed by atoms with E-state index in [1.54, 1.807) is 4.90 Å². The SMILES string of the molecule is O=C(Oc1ccc(F)cc1)N1CCc2c([nH]c3ccc(Br)cc23)C1c1ccc(OCCCO)cc1. The van der Waals surface area contributed by atoms with Crippen molar-refractivity contribution in [3.8, 4) is 11.5 Å². The van der Waals surface area contributed by atoms with Crippen LogP contribution in [0.1, 0.15) is 29.3 Å². The van der Waals surface area contributed by atoms with E-state index in [1.807, 2.05) is 36.4 Å². The van der Waals surface area contributed by atoms with Gasteiger partial charge in [-0.2, -0.15) is 0 Å². The summed E-state index contributed by atoms with van der Waals surface area (Å²) in [5.74, 6) is 0.587. The first-order chi connectivity index (χ1) is 17.0. The molecule has 0 aliphatic carbocycles. The van der Waals surface area contributed by atoms with Gasteiger partial charge in [-0.05, 0) is 72.1 Å². The Morgan fingerprint density at radius 3 is 2.57 bits per heavy atom. The lowest BCUT2D eigenvalue weighted by atomic mass is 9.92. The minimum absolute atomic E-state index is 0.0740. The first-order valence-electron chi connectivity index (χ1n) is 11.4. The number of nitrogens with zero attached hydrogens (tertiary/aromatic N) is 1. The van der Waals surface area contributed by atoms with E-state index in [0.29, 0.717) is 31.7 Å². The van der Waals surface area contributed by atoms with Crippen LogP contribution in [0.4, 0.5) is 9.18 Å². The smallest absolute Gasteiger partial charge is 0.416 e. The molecule has 0 fully saturated rings. The average molecular weight is 539 g/mol. The van der Waals surface area contributed by atoms with E-state index in [2.05, 4.69) is 27.0 Å². The fraction of sp³-hybridized carbons (Fsp3) is 0.222. The number of aromatic amines is 1. The second-order valence-electron chi connectivity index (χ2n) is 8.37. The second kappa shape index (κ2) is 10.1. The molecule has 0 saturated heterocycles. The monoisotopic (exact) mass is 538 g/mol. The molecule has 1 aliphatic heterocycles. The predicted octanol–water partition coefficient (Wildman–Crippen LogP) is 5.98. The fourth-order valence-corrected chi connectivity index (χ4v) is 4.83. The van der Waals surface area contributed by atoms with Crippen molar-refractivity contribution >= 4 is 32.9 Å². The molecule has 5 rings (SSSR count). The molecule has 1 unspecified atom stereocenters. The number of nitrogens with one attached hydrogen (secondary N) is 1. The van der Waals surface area contributed by atoms with E-state index in [1.165, 1.54) is 29.8 Å². The number of benzene rings is 3. The van der Waals surface area contributed by atoms with Crippen molar-refractivity contribution in [2.45, 2.75) is 18.9 Å². The van der Waals surface area contributed by atoms with E-state index in [9.17, 15) is 9.18 Å². The zero-order chi connectivity index (χ0) is 24.4. The topological polar surface area (TPSA) is 74.8 Å². The largest absolute Gasteiger partial charge is 0.494 e. The van der Waals surface area contributed by atoms with Gasteiger partial charge < -0.3 is 19.6 Å². The summed E-state index contributed by atoms with van der Waals surface area (Å²) >= 11 is 3.56. The molecule has 3 aromatic carbocycles. The van der Waals surface area contributed by atoms with Crippen LogP contribution in [0, 0.1) is 5.82 Å². The highest BCUT2D eigenvalue weighted by atomic mass is 79.9. The third-order valence-corrected chi connectivity index (χ3v) is 6.60. The van der Waals surface area contributed by atoms with Crippen LogP contribution in [0.25, 0.3) is 10.9 Å². The predicted molar refractivity (Wildman–Crippen MR) is 134 cm³/mol. The number of hydrogen-bond acceptors (Lipinski definition) is 4. The van der Waals surface area contributed by atoms with E-state index in [0.717, 1.165) is 26.6 Å². The van der Waals surface area contributed by atoms with Crippen LogP contribution < -0.4 is 9.47 Å². The van der Waals surface area contributed by atoms with Crippen molar-refractivity contribution < 1.29 is 23.8 Å². The fourth-order valence-electron chi connectivity index (χ4n) is 4.47. The summed E-state index contributed by atoms with van der Waals surface area (Å²) in [6, 6.07) is 18.7. The zero-order valence-electron chi connectivity index (χ0n) is 18.8. The van der Waals surface area contributed by atoms with E-state index in [4.69, 9.17) is 14.6 Å². The molecule has 180 valence electrons. The Hall–Kier alpha value is -3.36. The molecule has 6 nitrogen and oxygen atoms in total. The molecule has 1 atom stereocenters. The van der Waals surface area contributed by atoms with Gasteiger partial charge in [0.15, 0.2) is 0 Å². The maximum absolute atomic E-state index is 13.3. The second-order valence-corrected chi connectivity index (χ2v) is 9.29. The van der Waals surface area contributed by atoms with Gasteiger partial charge in [0.05, 0.1) is 6.61 Å². The lowest BCUT2D eigenvalue weighted by Crippen LogP contribution is -2.42. The Balaban J connectivity index is 1.51. The van der Waals surface area contributed by atoms with Gasteiger partial charge in [0.1, 0.15) is 23.4 Å². The highest BCUT2D eigenvalue weighted by molar-refractivity contribution is 9.10. The van der Waals surface area contributed by atoms with Gasteiger partial charge in [-0.25, -0.2) is 9.18 Å². The number of aromatic nitrogens is 1. The molecule has 0 spiro atoms. The number of ether oxygens (including phenoxy) is 2. The van der Waals surface area contributed by atoms with E-state index >= 15 is 0 Å². The molecular formula is C27H24BrFN2O4. The molecule has 1 aromatic heterocycles. The van der Waals surface area contributed by atoms with Gasteiger partial charge in [0.2, 0.25) is 0 Å².